The van der Waals surface area contributed by atoms with Crippen molar-refractivity contribution in [2.24, 2.45) is 11.8 Å². The first-order valence-electron chi connectivity index (χ1n) is 8.51. The number of rotatable bonds is 2. The molecular formula is C17H32N2O2. The quantitative estimate of drug-likeness (QED) is 0.849. The summed E-state index contributed by atoms with van der Waals surface area (Å²) in [5.41, 5.74) is -0.407. The van der Waals surface area contributed by atoms with Crippen LogP contribution in [-0.2, 0) is 4.74 Å². The summed E-state index contributed by atoms with van der Waals surface area (Å²) in [5, 5.41) is 3.04. The average molecular weight is 296 g/mol. The molecule has 0 unspecified atom stereocenters. The maximum Gasteiger partial charge on any atom is 0.407 e. The van der Waals surface area contributed by atoms with Gasteiger partial charge in [0.05, 0.1) is 0 Å². The van der Waals surface area contributed by atoms with Crippen molar-refractivity contribution in [3.63, 3.8) is 0 Å². The van der Waals surface area contributed by atoms with Gasteiger partial charge in [-0.3, -0.25) is 0 Å². The van der Waals surface area contributed by atoms with Gasteiger partial charge < -0.3 is 15.0 Å². The molecule has 0 spiro atoms. The molecule has 0 aromatic rings. The molecule has 0 aromatic heterocycles. The second-order valence-corrected chi connectivity index (χ2v) is 7.90. The highest BCUT2D eigenvalue weighted by atomic mass is 16.6. The van der Waals surface area contributed by atoms with E-state index in [1.54, 1.807) is 0 Å². The predicted molar refractivity (Wildman–Crippen MR) is 85.3 cm³/mol. The number of ether oxygens (including phenoxy) is 1. The summed E-state index contributed by atoms with van der Waals surface area (Å²) < 4.78 is 5.34. The molecule has 1 aliphatic heterocycles. The van der Waals surface area contributed by atoms with Gasteiger partial charge >= 0.3 is 6.09 Å². The monoisotopic (exact) mass is 296 g/mol. The number of hydrogen-bond acceptors (Lipinski definition) is 3. The molecule has 2 aliphatic rings. The summed E-state index contributed by atoms with van der Waals surface area (Å²) in [5.74, 6) is 1.78. The van der Waals surface area contributed by atoms with Gasteiger partial charge in [0.1, 0.15) is 5.60 Å². The van der Waals surface area contributed by atoms with E-state index in [2.05, 4.69) is 17.3 Å². The number of piperidine rings is 1. The lowest BCUT2D eigenvalue weighted by molar-refractivity contribution is 0.0476. The molecule has 21 heavy (non-hydrogen) atoms. The van der Waals surface area contributed by atoms with Crippen LogP contribution in [0.4, 0.5) is 4.79 Å². The number of likely N-dealkylation sites (tertiary alicyclic amines) is 1. The zero-order chi connectivity index (χ0) is 15.5. The molecule has 1 saturated heterocycles. The number of nitrogens with zero attached hydrogens (tertiary/aromatic N) is 1. The average Bonchev–Trinajstić information content (AvgIpc) is 2.38. The molecule has 0 aromatic carbocycles. The molecule has 2 fully saturated rings. The first kappa shape index (κ1) is 16.6. The number of carbonyl (C=O) groups is 1. The molecule has 0 radical (unpaired) electrons. The van der Waals surface area contributed by atoms with Gasteiger partial charge in [-0.2, -0.15) is 0 Å². The molecule has 2 rings (SSSR count). The van der Waals surface area contributed by atoms with E-state index in [0.717, 1.165) is 24.7 Å². The van der Waals surface area contributed by atoms with Gasteiger partial charge in [0, 0.05) is 6.04 Å². The van der Waals surface area contributed by atoms with Crippen molar-refractivity contribution in [2.45, 2.75) is 70.9 Å². The number of carbonyl (C=O) groups excluding carboxylic acids is 1. The molecule has 122 valence electrons. The third-order valence-electron chi connectivity index (χ3n) is 4.92. The summed E-state index contributed by atoms with van der Waals surface area (Å²) in [6.45, 7) is 8.22. The van der Waals surface area contributed by atoms with Gasteiger partial charge in [-0.1, -0.05) is 0 Å². The van der Waals surface area contributed by atoms with Crippen LogP contribution in [0.5, 0.6) is 0 Å². The second kappa shape index (κ2) is 6.99. The van der Waals surface area contributed by atoms with Gasteiger partial charge in [0.15, 0.2) is 0 Å². The van der Waals surface area contributed by atoms with Crippen LogP contribution in [0.2, 0.25) is 0 Å². The van der Waals surface area contributed by atoms with Crippen LogP contribution < -0.4 is 5.32 Å². The Kier molecular flexibility index (Phi) is 5.53. The van der Waals surface area contributed by atoms with Crippen LogP contribution in [0, 0.1) is 11.8 Å². The fourth-order valence-corrected chi connectivity index (χ4v) is 3.71. The van der Waals surface area contributed by atoms with Crippen molar-refractivity contribution in [2.75, 3.05) is 20.1 Å². The van der Waals surface area contributed by atoms with Crippen molar-refractivity contribution >= 4 is 6.09 Å². The van der Waals surface area contributed by atoms with E-state index in [4.69, 9.17) is 4.74 Å². The Balaban J connectivity index is 1.69. The topological polar surface area (TPSA) is 41.6 Å². The van der Waals surface area contributed by atoms with Crippen molar-refractivity contribution in [3.8, 4) is 0 Å². The Labute approximate surface area is 129 Å². The number of alkyl carbamates (subject to hydrolysis) is 1. The third-order valence-corrected chi connectivity index (χ3v) is 4.92. The van der Waals surface area contributed by atoms with E-state index in [-0.39, 0.29) is 6.09 Å². The molecule has 4 nitrogen and oxygen atoms in total. The Morgan fingerprint density at radius 3 is 2.05 bits per heavy atom. The zero-order valence-corrected chi connectivity index (χ0v) is 14.2. The van der Waals surface area contributed by atoms with Gasteiger partial charge in [-0.25, -0.2) is 4.79 Å². The molecular weight excluding hydrogens is 264 g/mol. The lowest BCUT2D eigenvalue weighted by Gasteiger charge is -2.38. The first-order chi connectivity index (χ1) is 9.83. The molecule has 0 bridgehead atoms. The van der Waals surface area contributed by atoms with Crippen LogP contribution >= 0.6 is 0 Å². The summed E-state index contributed by atoms with van der Waals surface area (Å²) in [4.78, 5) is 14.2. The Morgan fingerprint density at radius 1 is 1.00 bits per heavy atom. The minimum Gasteiger partial charge on any atom is -0.444 e. The van der Waals surface area contributed by atoms with Crippen molar-refractivity contribution in [1.82, 2.24) is 10.2 Å². The highest BCUT2D eigenvalue weighted by molar-refractivity contribution is 5.68. The second-order valence-electron chi connectivity index (χ2n) is 7.90. The van der Waals surface area contributed by atoms with Crippen LogP contribution in [0.3, 0.4) is 0 Å². The molecule has 1 aliphatic carbocycles. The SMILES string of the molecule is CN1CCC(C2CCC(NC(=O)OC(C)(C)C)CC2)CC1. The van der Waals surface area contributed by atoms with E-state index < -0.39 is 5.60 Å². The van der Waals surface area contributed by atoms with Crippen molar-refractivity contribution < 1.29 is 9.53 Å². The lowest BCUT2D eigenvalue weighted by atomic mass is 9.74. The minimum absolute atomic E-state index is 0.259. The van der Waals surface area contributed by atoms with Gasteiger partial charge in [0.25, 0.3) is 0 Å². The molecule has 4 heteroatoms. The Morgan fingerprint density at radius 2 is 1.52 bits per heavy atom. The highest BCUT2D eigenvalue weighted by Crippen LogP contribution is 2.35. The lowest BCUT2D eigenvalue weighted by Crippen LogP contribution is -2.42. The van der Waals surface area contributed by atoms with E-state index in [1.165, 1.54) is 38.8 Å². The van der Waals surface area contributed by atoms with Crippen LogP contribution in [0.25, 0.3) is 0 Å². The first-order valence-corrected chi connectivity index (χ1v) is 8.51. The van der Waals surface area contributed by atoms with E-state index >= 15 is 0 Å². The molecule has 1 amide bonds. The minimum atomic E-state index is -0.407. The van der Waals surface area contributed by atoms with Crippen LogP contribution in [0.15, 0.2) is 0 Å². The third kappa shape index (κ3) is 5.50. The summed E-state index contributed by atoms with van der Waals surface area (Å²) in [6.07, 6.45) is 7.18. The van der Waals surface area contributed by atoms with Gasteiger partial charge in [0.2, 0.25) is 0 Å². The standard InChI is InChI=1S/C17H32N2O2/c1-17(2,3)21-16(20)18-15-7-5-13(6-8-15)14-9-11-19(4)12-10-14/h13-15H,5-12H2,1-4H3,(H,18,20). The van der Waals surface area contributed by atoms with Crippen molar-refractivity contribution in [3.05, 3.63) is 0 Å². The largest absolute Gasteiger partial charge is 0.444 e. The maximum absolute atomic E-state index is 11.8. The summed E-state index contributed by atoms with van der Waals surface area (Å²) >= 11 is 0. The zero-order valence-electron chi connectivity index (χ0n) is 14.2. The normalized spacial score (nSPS) is 29.1. The Bertz CT molecular complexity index is 335. The van der Waals surface area contributed by atoms with E-state index in [9.17, 15) is 4.79 Å². The maximum atomic E-state index is 11.8. The number of hydrogen-bond donors (Lipinski definition) is 1. The number of nitrogens with one attached hydrogen (secondary N) is 1. The fraction of sp³-hybridized carbons (Fsp3) is 0.941. The summed E-state index contributed by atoms with van der Waals surface area (Å²) in [6, 6.07) is 0.308. The van der Waals surface area contributed by atoms with E-state index in [1.807, 2.05) is 20.8 Å². The fourth-order valence-electron chi connectivity index (χ4n) is 3.71. The van der Waals surface area contributed by atoms with Crippen molar-refractivity contribution in [1.29, 1.82) is 0 Å². The van der Waals surface area contributed by atoms with Gasteiger partial charge in [-0.05, 0) is 91.3 Å². The van der Waals surface area contributed by atoms with Crippen LogP contribution in [0.1, 0.15) is 59.3 Å². The smallest absolute Gasteiger partial charge is 0.407 e. The molecule has 0 atom stereocenters. The molecule has 1 heterocycles. The molecule has 1 saturated carbocycles. The number of amides is 1. The van der Waals surface area contributed by atoms with Crippen LogP contribution in [-0.4, -0.2) is 42.8 Å². The predicted octanol–water partition coefficient (Wildman–Crippen LogP) is 3.41. The highest BCUT2D eigenvalue weighted by Gasteiger charge is 2.30. The molecule has 1 N–H and O–H groups in total. The van der Waals surface area contributed by atoms with Gasteiger partial charge in [-0.15, -0.1) is 0 Å². The summed E-state index contributed by atoms with van der Waals surface area (Å²) in [7, 11) is 2.22. The van der Waals surface area contributed by atoms with E-state index in [0.29, 0.717) is 6.04 Å². The Hall–Kier alpha value is -0.770.